The maximum atomic E-state index is 12.4. The molecule has 2 aromatic rings. The zero-order valence-electron chi connectivity index (χ0n) is 17.8. The van der Waals surface area contributed by atoms with Crippen molar-refractivity contribution in [3.63, 3.8) is 0 Å². The molecule has 1 saturated carbocycles. The van der Waals surface area contributed by atoms with Gasteiger partial charge in [0.05, 0.1) is 6.26 Å². The van der Waals surface area contributed by atoms with E-state index in [1.54, 1.807) is 12.3 Å². The van der Waals surface area contributed by atoms with Gasteiger partial charge in [0.1, 0.15) is 12.4 Å². The number of carbonyl (C=O) groups is 1. The summed E-state index contributed by atoms with van der Waals surface area (Å²) in [5.74, 6) is 2.72. The predicted molar refractivity (Wildman–Crippen MR) is 126 cm³/mol. The van der Waals surface area contributed by atoms with Gasteiger partial charge in [-0.05, 0) is 52.2 Å². The fourth-order valence-electron chi connectivity index (χ4n) is 3.51. The lowest BCUT2D eigenvalue weighted by atomic mass is 9.85. The van der Waals surface area contributed by atoms with Crippen molar-refractivity contribution < 1.29 is 9.21 Å². The molecule has 2 heterocycles. The minimum Gasteiger partial charge on any atom is -0.461 e. The number of carbonyl (C=O) groups excluding carboxylic acids is 1. The lowest BCUT2D eigenvalue weighted by Crippen LogP contribution is -2.47. The lowest BCUT2D eigenvalue weighted by Gasteiger charge is -2.30. The van der Waals surface area contributed by atoms with E-state index in [1.165, 1.54) is 0 Å². The first kappa shape index (κ1) is 24.2. The second kappa shape index (κ2) is 11.9. The van der Waals surface area contributed by atoms with Crippen molar-refractivity contribution in [1.29, 1.82) is 0 Å². The summed E-state index contributed by atoms with van der Waals surface area (Å²) in [5.41, 5.74) is 0. The van der Waals surface area contributed by atoms with Crippen molar-refractivity contribution in [2.75, 3.05) is 6.54 Å². The summed E-state index contributed by atoms with van der Waals surface area (Å²) >= 11 is 0. The van der Waals surface area contributed by atoms with Gasteiger partial charge in [0, 0.05) is 24.5 Å². The Labute approximate surface area is 194 Å². The van der Waals surface area contributed by atoms with E-state index in [2.05, 4.69) is 36.1 Å². The number of aromatic nitrogens is 3. The molecule has 0 aromatic carbocycles. The summed E-state index contributed by atoms with van der Waals surface area (Å²) in [6.45, 7) is 7.14. The highest BCUT2D eigenvalue weighted by Crippen LogP contribution is 2.24. The third-order valence-corrected chi connectivity index (χ3v) is 4.82. The van der Waals surface area contributed by atoms with Gasteiger partial charge in [-0.1, -0.05) is 6.42 Å². The molecule has 10 heteroatoms. The van der Waals surface area contributed by atoms with Gasteiger partial charge < -0.3 is 20.4 Å². The number of hydrogen-bond donors (Lipinski definition) is 4. The van der Waals surface area contributed by atoms with Crippen LogP contribution in [0.5, 0.6) is 0 Å². The number of halogens is 1. The Morgan fingerprint density at radius 1 is 1.40 bits per heavy atom. The zero-order valence-corrected chi connectivity index (χ0v) is 20.1. The number of rotatable bonds is 7. The minimum absolute atomic E-state index is 0. The number of H-pyrrole nitrogens is 1. The second-order valence-corrected chi connectivity index (χ2v) is 7.65. The molecule has 30 heavy (non-hydrogen) atoms. The molecule has 2 atom stereocenters. The largest absolute Gasteiger partial charge is 0.461 e. The molecule has 1 aliphatic carbocycles. The maximum absolute atomic E-state index is 12.4. The highest BCUT2D eigenvalue weighted by atomic mass is 127. The van der Waals surface area contributed by atoms with Gasteiger partial charge >= 0.3 is 0 Å². The summed E-state index contributed by atoms with van der Waals surface area (Å²) in [6.07, 6.45) is 5.41. The number of nitrogens with zero attached hydrogens (tertiary/aromatic N) is 3. The van der Waals surface area contributed by atoms with Crippen LogP contribution in [-0.2, 0) is 11.3 Å². The fourth-order valence-corrected chi connectivity index (χ4v) is 3.51. The zero-order chi connectivity index (χ0) is 20.6. The predicted octanol–water partition coefficient (Wildman–Crippen LogP) is 2.82. The van der Waals surface area contributed by atoms with Crippen molar-refractivity contribution in [2.24, 2.45) is 10.9 Å². The number of furan rings is 1. The van der Waals surface area contributed by atoms with Crippen LogP contribution in [0.1, 0.15) is 52.3 Å². The van der Waals surface area contributed by atoms with Gasteiger partial charge in [0.25, 0.3) is 0 Å². The van der Waals surface area contributed by atoms with Gasteiger partial charge in [-0.2, -0.15) is 0 Å². The molecule has 9 nitrogen and oxygen atoms in total. The van der Waals surface area contributed by atoms with Gasteiger partial charge in [-0.25, -0.2) is 9.98 Å². The number of guanidine groups is 1. The van der Waals surface area contributed by atoms with Crippen molar-refractivity contribution >= 4 is 35.8 Å². The summed E-state index contributed by atoms with van der Waals surface area (Å²) < 4.78 is 5.31. The Balaban J connectivity index is 0.00000320. The van der Waals surface area contributed by atoms with Crippen molar-refractivity contribution in [1.82, 2.24) is 31.1 Å². The Morgan fingerprint density at radius 3 is 2.93 bits per heavy atom. The molecule has 0 aliphatic heterocycles. The van der Waals surface area contributed by atoms with E-state index >= 15 is 0 Å². The summed E-state index contributed by atoms with van der Waals surface area (Å²) in [6, 6.07) is 4.01. The molecule has 2 aromatic heterocycles. The molecule has 1 fully saturated rings. The number of aromatic amines is 1. The molecule has 1 aliphatic rings. The molecule has 1 amide bonds. The Bertz CT molecular complexity index is 804. The van der Waals surface area contributed by atoms with Crippen LogP contribution in [0, 0.1) is 5.92 Å². The highest BCUT2D eigenvalue weighted by molar-refractivity contribution is 14.0. The Hall–Kier alpha value is -2.11. The smallest absolute Gasteiger partial charge is 0.223 e. The van der Waals surface area contributed by atoms with E-state index in [0.717, 1.165) is 38.2 Å². The summed E-state index contributed by atoms with van der Waals surface area (Å²) in [5, 5.41) is 16.8. The Morgan fingerprint density at radius 2 is 2.23 bits per heavy atom. The number of amides is 1. The number of aliphatic imine (C=N–C) groups is 1. The molecule has 2 unspecified atom stereocenters. The summed E-state index contributed by atoms with van der Waals surface area (Å²) in [7, 11) is 0. The van der Waals surface area contributed by atoms with E-state index in [4.69, 9.17) is 4.42 Å². The number of hydrogen-bond acceptors (Lipinski definition) is 5. The first-order valence-electron chi connectivity index (χ1n) is 10.4. The third-order valence-electron chi connectivity index (χ3n) is 4.82. The van der Waals surface area contributed by atoms with E-state index in [-0.39, 0.29) is 47.9 Å². The van der Waals surface area contributed by atoms with Crippen LogP contribution in [0.3, 0.4) is 0 Å². The maximum Gasteiger partial charge on any atom is 0.223 e. The molecule has 0 radical (unpaired) electrons. The van der Waals surface area contributed by atoms with E-state index in [1.807, 2.05) is 26.8 Å². The number of nitrogens with one attached hydrogen (secondary N) is 4. The third kappa shape index (κ3) is 6.99. The standard InChI is InChI=1S/C20H31N7O2.HI/c1-4-21-20(22-12-17-25-18(27-26-17)16-9-6-10-29-16)24-15-8-5-7-14(11-15)19(28)23-13(2)3;/h6,9-10,13-15H,4-5,7-8,11-12H2,1-3H3,(H,23,28)(H2,21,22,24)(H,25,26,27);1H. The van der Waals surface area contributed by atoms with Crippen LogP contribution in [-0.4, -0.2) is 45.7 Å². The molecule has 166 valence electrons. The average molecular weight is 529 g/mol. The van der Waals surface area contributed by atoms with Crippen LogP contribution in [0.4, 0.5) is 0 Å². The quantitative estimate of drug-likeness (QED) is 0.249. The van der Waals surface area contributed by atoms with Crippen LogP contribution in [0.25, 0.3) is 11.6 Å². The fraction of sp³-hybridized carbons (Fsp3) is 0.600. The molecule has 3 rings (SSSR count). The molecule has 0 spiro atoms. The van der Waals surface area contributed by atoms with Crippen LogP contribution >= 0.6 is 24.0 Å². The highest BCUT2D eigenvalue weighted by Gasteiger charge is 2.28. The van der Waals surface area contributed by atoms with Gasteiger partial charge in [0.2, 0.25) is 11.7 Å². The van der Waals surface area contributed by atoms with Crippen LogP contribution in [0.2, 0.25) is 0 Å². The lowest BCUT2D eigenvalue weighted by molar-refractivity contribution is -0.126. The summed E-state index contributed by atoms with van der Waals surface area (Å²) in [4.78, 5) is 21.4. The topological polar surface area (TPSA) is 120 Å². The monoisotopic (exact) mass is 529 g/mol. The Kier molecular flexibility index (Phi) is 9.60. The van der Waals surface area contributed by atoms with Gasteiger partial charge in [0.15, 0.2) is 11.7 Å². The van der Waals surface area contributed by atoms with Crippen molar-refractivity contribution in [2.45, 2.75) is 65.1 Å². The van der Waals surface area contributed by atoms with Crippen LogP contribution in [0.15, 0.2) is 27.8 Å². The SMILES string of the molecule is CCNC(=NCc1nc(-c2ccco2)n[nH]1)NC1CCCC(C(=O)NC(C)C)C1.I. The normalized spacial score (nSPS) is 19.3. The average Bonchev–Trinajstić information content (AvgIpc) is 3.38. The van der Waals surface area contributed by atoms with E-state index < -0.39 is 0 Å². The van der Waals surface area contributed by atoms with E-state index in [9.17, 15) is 4.79 Å². The van der Waals surface area contributed by atoms with Crippen molar-refractivity contribution in [3.8, 4) is 11.6 Å². The molecular weight excluding hydrogens is 497 g/mol. The van der Waals surface area contributed by atoms with Gasteiger partial charge in [-0.15, -0.1) is 29.1 Å². The van der Waals surface area contributed by atoms with Crippen LogP contribution < -0.4 is 16.0 Å². The minimum atomic E-state index is 0. The van der Waals surface area contributed by atoms with Crippen molar-refractivity contribution in [3.05, 3.63) is 24.2 Å². The second-order valence-electron chi connectivity index (χ2n) is 7.65. The molecule has 0 saturated heterocycles. The molecule has 0 bridgehead atoms. The first-order valence-corrected chi connectivity index (χ1v) is 10.4. The first-order chi connectivity index (χ1) is 14.0. The molecular formula is C20H32IN7O2. The van der Waals surface area contributed by atoms with Gasteiger partial charge in [-0.3, -0.25) is 9.89 Å². The van der Waals surface area contributed by atoms with E-state index in [0.29, 0.717) is 24.0 Å². The molecule has 4 N–H and O–H groups in total.